The Labute approximate surface area is 116 Å². The van der Waals surface area contributed by atoms with Crippen molar-refractivity contribution in [3.05, 3.63) is 0 Å². The zero-order valence-electron chi connectivity index (χ0n) is 11.8. The minimum absolute atomic E-state index is 0.296. The maximum atomic E-state index is 12.1. The molecule has 2 fully saturated rings. The lowest BCUT2D eigenvalue weighted by molar-refractivity contribution is 0.203. The zero-order chi connectivity index (χ0) is 13.9. The third-order valence-corrected chi connectivity index (χ3v) is 6.67. The number of nitrogens with zero attached hydrogens (tertiary/aromatic N) is 2. The van der Waals surface area contributed by atoms with E-state index in [4.69, 9.17) is 5.11 Å². The van der Waals surface area contributed by atoms with Crippen LogP contribution in [0.2, 0.25) is 0 Å². The fourth-order valence-corrected chi connectivity index (χ4v) is 4.44. The minimum Gasteiger partial charge on any atom is -0.395 e. The minimum atomic E-state index is -3.29. The molecule has 1 atom stereocenters. The van der Waals surface area contributed by atoms with Crippen molar-refractivity contribution in [3.63, 3.8) is 0 Å². The molecule has 0 spiro atoms. The van der Waals surface area contributed by atoms with Crippen LogP contribution >= 0.6 is 0 Å². The van der Waals surface area contributed by atoms with Gasteiger partial charge in [-0.15, -0.1) is 0 Å². The van der Waals surface area contributed by atoms with Crippen LogP contribution in [0.1, 0.15) is 32.6 Å². The number of sulfonamides is 1. The van der Waals surface area contributed by atoms with Crippen molar-refractivity contribution in [2.24, 2.45) is 5.92 Å². The summed E-state index contributed by atoms with van der Waals surface area (Å²) in [5.41, 5.74) is 0. The second-order valence-electron chi connectivity index (χ2n) is 5.89. The Hall–Kier alpha value is -0.170. The van der Waals surface area contributed by atoms with Crippen LogP contribution in [0.25, 0.3) is 0 Å². The SMILES string of the molecule is CC(CO)S(=O)(=O)N1CCC(CN2CCCC2)CC1. The Morgan fingerprint density at radius 1 is 1.16 bits per heavy atom. The highest BCUT2D eigenvalue weighted by atomic mass is 32.2. The van der Waals surface area contributed by atoms with Gasteiger partial charge in [-0.05, 0) is 51.6 Å². The van der Waals surface area contributed by atoms with E-state index >= 15 is 0 Å². The molecule has 1 N–H and O–H groups in total. The van der Waals surface area contributed by atoms with Gasteiger partial charge in [0, 0.05) is 19.6 Å². The van der Waals surface area contributed by atoms with E-state index in [-0.39, 0.29) is 6.61 Å². The molecule has 0 radical (unpaired) electrons. The maximum Gasteiger partial charge on any atom is 0.218 e. The van der Waals surface area contributed by atoms with Gasteiger partial charge in [-0.25, -0.2) is 12.7 Å². The molecule has 19 heavy (non-hydrogen) atoms. The summed E-state index contributed by atoms with van der Waals surface area (Å²) >= 11 is 0. The first-order valence-electron chi connectivity index (χ1n) is 7.36. The van der Waals surface area contributed by atoms with Crippen molar-refractivity contribution in [1.29, 1.82) is 0 Å². The Balaban J connectivity index is 1.81. The first-order valence-corrected chi connectivity index (χ1v) is 8.86. The van der Waals surface area contributed by atoms with Gasteiger partial charge in [-0.2, -0.15) is 0 Å². The van der Waals surface area contributed by atoms with E-state index in [1.165, 1.54) is 25.9 Å². The van der Waals surface area contributed by atoms with E-state index in [1.807, 2.05) is 0 Å². The van der Waals surface area contributed by atoms with Crippen LogP contribution in [0.5, 0.6) is 0 Å². The van der Waals surface area contributed by atoms with Crippen LogP contribution < -0.4 is 0 Å². The van der Waals surface area contributed by atoms with Crippen LogP contribution in [0.4, 0.5) is 0 Å². The fourth-order valence-electron chi connectivity index (χ4n) is 3.03. The molecule has 2 aliphatic rings. The van der Waals surface area contributed by atoms with Crippen molar-refractivity contribution in [2.45, 2.75) is 37.9 Å². The van der Waals surface area contributed by atoms with Crippen molar-refractivity contribution in [1.82, 2.24) is 9.21 Å². The summed E-state index contributed by atoms with van der Waals surface area (Å²) in [4.78, 5) is 2.51. The summed E-state index contributed by atoms with van der Waals surface area (Å²) in [6.07, 6.45) is 4.52. The van der Waals surface area contributed by atoms with E-state index in [1.54, 1.807) is 11.2 Å². The Kier molecular flexibility index (Phi) is 5.22. The normalized spacial score (nSPS) is 25.8. The molecule has 0 aliphatic carbocycles. The molecule has 2 heterocycles. The lowest BCUT2D eigenvalue weighted by Gasteiger charge is -2.34. The molecule has 0 aromatic carbocycles. The molecular weight excluding hydrogens is 264 g/mol. The molecule has 6 heteroatoms. The van der Waals surface area contributed by atoms with Gasteiger partial charge >= 0.3 is 0 Å². The van der Waals surface area contributed by atoms with E-state index < -0.39 is 15.3 Å². The lowest BCUT2D eigenvalue weighted by Crippen LogP contribution is -2.45. The van der Waals surface area contributed by atoms with Crippen LogP contribution in [0, 0.1) is 5.92 Å². The van der Waals surface area contributed by atoms with Gasteiger partial charge in [-0.3, -0.25) is 0 Å². The molecule has 0 aromatic heterocycles. The van der Waals surface area contributed by atoms with Crippen LogP contribution in [-0.2, 0) is 10.0 Å². The predicted octanol–water partition coefficient (Wildman–Crippen LogP) is 0.505. The van der Waals surface area contributed by atoms with Crippen LogP contribution in [0.3, 0.4) is 0 Å². The molecule has 112 valence electrons. The molecule has 5 nitrogen and oxygen atoms in total. The Morgan fingerprint density at radius 2 is 1.74 bits per heavy atom. The van der Waals surface area contributed by atoms with Gasteiger partial charge in [0.1, 0.15) is 0 Å². The molecule has 2 rings (SSSR count). The molecule has 0 saturated carbocycles. The zero-order valence-corrected chi connectivity index (χ0v) is 12.6. The summed E-state index contributed by atoms with van der Waals surface area (Å²) in [6, 6.07) is 0. The number of rotatable bonds is 5. The number of likely N-dealkylation sites (tertiary alicyclic amines) is 1. The number of hydrogen-bond acceptors (Lipinski definition) is 4. The van der Waals surface area contributed by atoms with Crippen molar-refractivity contribution in [3.8, 4) is 0 Å². The molecule has 0 bridgehead atoms. The highest BCUT2D eigenvalue weighted by Gasteiger charge is 2.32. The Bertz CT molecular complexity index is 371. The molecule has 2 saturated heterocycles. The highest BCUT2D eigenvalue weighted by molar-refractivity contribution is 7.89. The standard InChI is InChI=1S/C13H26N2O3S/c1-12(11-16)19(17,18)15-8-4-13(5-9-15)10-14-6-2-3-7-14/h12-13,16H,2-11H2,1H3. The monoisotopic (exact) mass is 290 g/mol. The summed E-state index contributed by atoms with van der Waals surface area (Å²) in [5, 5.41) is 8.35. The fraction of sp³-hybridized carbons (Fsp3) is 1.00. The van der Waals surface area contributed by atoms with E-state index in [2.05, 4.69) is 4.90 Å². The second kappa shape index (κ2) is 6.52. The van der Waals surface area contributed by atoms with E-state index in [0.29, 0.717) is 19.0 Å². The topological polar surface area (TPSA) is 60.9 Å². The largest absolute Gasteiger partial charge is 0.395 e. The van der Waals surface area contributed by atoms with E-state index in [0.717, 1.165) is 19.4 Å². The van der Waals surface area contributed by atoms with Gasteiger partial charge in [0.15, 0.2) is 0 Å². The van der Waals surface area contributed by atoms with Gasteiger partial charge in [0.2, 0.25) is 10.0 Å². The van der Waals surface area contributed by atoms with Crippen molar-refractivity contribution in [2.75, 3.05) is 39.3 Å². The summed E-state index contributed by atoms with van der Waals surface area (Å²) in [6.45, 7) is 6.06. The van der Waals surface area contributed by atoms with Crippen LogP contribution in [-0.4, -0.2) is 67.3 Å². The third-order valence-electron chi connectivity index (χ3n) is 4.41. The quantitative estimate of drug-likeness (QED) is 0.801. The summed E-state index contributed by atoms with van der Waals surface area (Å²) in [5.74, 6) is 0.633. The highest BCUT2D eigenvalue weighted by Crippen LogP contribution is 2.23. The number of aliphatic hydroxyl groups is 1. The first-order chi connectivity index (χ1) is 9.04. The van der Waals surface area contributed by atoms with Gasteiger partial charge < -0.3 is 10.0 Å². The van der Waals surface area contributed by atoms with Gasteiger partial charge in [0.25, 0.3) is 0 Å². The number of piperidine rings is 1. The van der Waals surface area contributed by atoms with Crippen molar-refractivity contribution >= 4 is 10.0 Å². The molecule has 0 aromatic rings. The lowest BCUT2D eigenvalue weighted by atomic mass is 9.98. The van der Waals surface area contributed by atoms with Crippen LogP contribution in [0.15, 0.2) is 0 Å². The molecule has 2 aliphatic heterocycles. The summed E-state index contributed by atoms with van der Waals surface area (Å²) < 4.78 is 25.8. The first kappa shape index (κ1) is 15.2. The smallest absolute Gasteiger partial charge is 0.218 e. The van der Waals surface area contributed by atoms with Gasteiger partial charge in [0.05, 0.1) is 11.9 Å². The van der Waals surface area contributed by atoms with E-state index in [9.17, 15) is 8.42 Å². The molecular formula is C13H26N2O3S. The maximum absolute atomic E-state index is 12.1. The summed E-state index contributed by atoms with van der Waals surface area (Å²) in [7, 11) is -3.29. The second-order valence-corrected chi connectivity index (χ2v) is 8.24. The molecule has 0 amide bonds. The predicted molar refractivity (Wildman–Crippen MR) is 75.4 cm³/mol. The number of aliphatic hydroxyl groups excluding tert-OH is 1. The van der Waals surface area contributed by atoms with Crippen molar-refractivity contribution < 1.29 is 13.5 Å². The number of hydrogen-bond donors (Lipinski definition) is 1. The Morgan fingerprint density at radius 3 is 2.26 bits per heavy atom. The third kappa shape index (κ3) is 3.68. The molecule has 1 unspecified atom stereocenters. The van der Waals surface area contributed by atoms with Gasteiger partial charge in [-0.1, -0.05) is 0 Å². The average molecular weight is 290 g/mol. The average Bonchev–Trinajstić information content (AvgIpc) is 2.91.